The summed E-state index contributed by atoms with van der Waals surface area (Å²) in [5, 5.41) is 5.27. The number of primary amides is 1. The minimum Gasteiger partial charge on any atom is -0.368 e. The molecule has 0 saturated carbocycles. The lowest BCUT2D eigenvalue weighted by atomic mass is 10.0. The van der Waals surface area contributed by atoms with Crippen LogP contribution in [0, 0.1) is 11.8 Å². The molecule has 0 unspecified atom stereocenters. The summed E-state index contributed by atoms with van der Waals surface area (Å²) < 4.78 is 0. The van der Waals surface area contributed by atoms with Crippen LogP contribution >= 0.6 is 0 Å². The van der Waals surface area contributed by atoms with E-state index in [2.05, 4.69) is 10.6 Å². The fraction of sp³-hybridized carbons (Fsp3) is 0.750. The van der Waals surface area contributed by atoms with Crippen LogP contribution in [0.5, 0.6) is 0 Å². The Morgan fingerprint density at radius 1 is 1.00 bits per heavy atom. The van der Waals surface area contributed by atoms with Crippen LogP contribution in [-0.4, -0.2) is 55.2 Å². The highest BCUT2D eigenvalue weighted by Crippen LogP contribution is 2.08. The summed E-state index contributed by atoms with van der Waals surface area (Å²) >= 11 is 0. The number of rotatable bonds is 11. The number of nitrogens with one attached hydrogen (secondary N) is 2. The predicted molar refractivity (Wildman–Crippen MR) is 90.7 cm³/mol. The van der Waals surface area contributed by atoms with E-state index in [1.165, 1.54) is 11.9 Å². The Morgan fingerprint density at radius 2 is 1.62 bits per heavy atom. The zero-order chi connectivity index (χ0) is 18.7. The Bertz CT molecular complexity index is 451. The molecule has 0 aromatic rings. The minimum absolute atomic E-state index is 0.0415. The molecule has 138 valence electrons. The SMILES string of the molecule is CC(C)CC(=O)NCC(=O)NCC[C@H](C)CC(=O)N(C)CC(N)=O. The summed E-state index contributed by atoms with van der Waals surface area (Å²) in [6, 6.07) is 0. The van der Waals surface area contributed by atoms with Gasteiger partial charge in [0.15, 0.2) is 0 Å². The molecule has 0 bridgehead atoms. The third-order valence-corrected chi connectivity index (χ3v) is 3.34. The average molecular weight is 342 g/mol. The number of hydrogen-bond acceptors (Lipinski definition) is 4. The highest BCUT2D eigenvalue weighted by Gasteiger charge is 2.15. The van der Waals surface area contributed by atoms with Crippen LogP contribution in [0.25, 0.3) is 0 Å². The molecular formula is C16H30N4O4. The van der Waals surface area contributed by atoms with Crippen molar-refractivity contribution in [3.63, 3.8) is 0 Å². The van der Waals surface area contributed by atoms with Gasteiger partial charge in [-0.25, -0.2) is 0 Å². The maximum absolute atomic E-state index is 11.8. The van der Waals surface area contributed by atoms with E-state index in [0.29, 0.717) is 19.4 Å². The first kappa shape index (κ1) is 21.9. The second-order valence-electron chi connectivity index (χ2n) is 6.54. The fourth-order valence-corrected chi connectivity index (χ4v) is 2.02. The zero-order valence-electron chi connectivity index (χ0n) is 15.1. The van der Waals surface area contributed by atoms with Gasteiger partial charge in [0.1, 0.15) is 0 Å². The molecule has 0 rings (SSSR count). The lowest BCUT2D eigenvalue weighted by Gasteiger charge is -2.18. The molecule has 0 saturated heterocycles. The number of nitrogens with zero attached hydrogens (tertiary/aromatic N) is 1. The number of likely N-dealkylation sites (N-methyl/N-ethyl adjacent to an activating group) is 1. The van der Waals surface area contributed by atoms with Crippen LogP contribution in [0.1, 0.15) is 40.0 Å². The van der Waals surface area contributed by atoms with Gasteiger partial charge < -0.3 is 21.3 Å². The summed E-state index contributed by atoms with van der Waals surface area (Å²) in [6.45, 7) is 6.05. The molecule has 0 aliphatic heterocycles. The van der Waals surface area contributed by atoms with E-state index in [1.807, 2.05) is 20.8 Å². The molecule has 8 nitrogen and oxygen atoms in total. The van der Waals surface area contributed by atoms with Crippen LogP contribution in [0.3, 0.4) is 0 Å². The topological polar surface area (TPSA) is 122 Å². The van der Waals surface area contributed by atoms with E-state index >= 15 is 0 Å². The van der Waals surface area contributed by atoms with Gasteiger partial charge in [-0.2, -0.15) is 0 Å². The van der Waals surface area contributed by atoms with Crippen LogP contribution in [0.4, 0.5) is 0 Å². The highest BCUT2D eigenvalue weighted by atomic mass is 16.2. The Morgan fingerprint density at radius 3 is 2.17 bits per heavy atom. The molecule has 4 N–H and O–H groups in total. The second kappa shape index (κ2) is 11.4. The van der Waals surface area contributed by atoms with Gasteiger partial charge in [-0.1, -0.05) is 20.8 Å². The molecule has 0 spiro atoms. The summed E-state index contributed by atoms with van der Waals surface area (Å²) in [4.78, 5) is 46.9. The molecule has 8 heteroatoms. The van der Waals surface area contributed by atoms with Crippen molar-refractivity contribution < 1.29 is 19.2 Å². The second-order valence-corrected chi connectivity index (χ2v) is 6.54. The molecule has 1 atom stereocenters. The summed E-state index contributed by atoms with van der Waals surface area (Å²) in [7, 11) is 1.53. The van der Waals surface area contributed by atoms with Gasteiger partial charge in [0.25, 0.3) is 0 Å². The van der Waals surface area contributed by atoms with E-state index in [4.69, 9.17) is 5.73 Å². The molecule has 0 fully saturated rings. The Labute approximate surface area is 143 Å². The predicted octanol–water partition coefficient (Wildman–Crippen LogP) is -0.375. The highest BCUT2D eigenvalue weighted by molar-refractivity contribution is 5.85. The molecule has 0 aliphatic rings. The number of carbonyl (C=O) groups is 4. The monoisotopic (exact) mass is 342 g/mol. The van der Waals surface area contributed by atoms with Crippen molar-refractivity contribution in [2.24, 2.45) is 17.6 Å². The molecule has 0 aromatic carbocycles. The maximum Gasteiger partial charge on any atom is 0.239 e. The summed E-state index contributed by atoms with van der Waals surface area (Å²) in [5.41, 5.74) is 5.04. The largest absolute Gasteiger partial charge is 0.368 e. The fourth-order valence-electron chi connectivity index (χ4n) is 2.02. The number of amides is 4. The molecule has 0 aliphatic carbocycles. The van der Waals surface area contributed by atoms with Crippen molar-refractivity contribution in [1.29, 1.82) is 0 Å². The smallest absolute Gasteiger partial charge is 0.239 e. The first-order chi connectivity index (χ1) is 11.1. The molecule has 24 heavy (non-hydrogen) atoms. The van der Waals surface area contributed by atoms with Crippen LogP contribution < -0.4 is 16.4 Å². The Hall–Kier alpha value is -2.12. The lowest BCUT2D eigenvalue weighted by molar-refractivity contribution is -0.134. The normalized spacial score (nSPS) is 11.7. The third-order valence-electron chi connectivity index (χ3n) is 3.34. The van der Waals surface area contributed by atoms with E-state index in [9.17, 15) is 19.2 Å². The van der Waals surface area contributed by atoms with E-state index in [1.54, 1.807) is 0 Å². The minimum atomic E-state index is -0.551. The van der Waals surface area contributed by atoms with E-state index in [0.717, 1.165) is 0 Å². The summed E-state index contributed by atoms with van der Waals surface area (Å²) in [5.74, 6) is -0.797. The van der Waals surface area contributed by atoms with Crippen LogP contribution in [0.15, 0.2) is 0 Å². The third kappa shape index (κ3) is 11.4. The maximum atomic E-state index is 11.8. The van der Waals surface area contributed by atoms with Gasteiger partial charge in [0.2, 0.25) is 23.6 Å². The van der Waals surface area contributed by atoms with Gasteiger partial charge in [0, 0.05) is 26.4 Å². The average Bonchev–Trinajstić information content (AvgIpc) is 2.43. The van der Waals surface area contributed by atoms with Crippen molar-refractivity contribution in [3.8, 4) is 0 Å². The molecule has 0 radical (unpaired) electrons. The molecule has 0 aromatic heterocycles. The van der Waals surface area contributed by atoms with E-state index in [-0.39, 0.29) is 49.1 Å². The van der Waals surface area contributed by atoms with Crippen molar-refractivity contribution in [3.05, 3.63) is 0 Å². The molecule has 0 heterocycles. The van der Waals surface area contributed by atoms with Crippen molar-refractivity contribution >= 4 is 23.6 Å². The van der Waals surface area contributed by atoms with E-state index < -0.39 is 5.91 Å². The van der Waals surface area contributed by atoms with Gasteiger partial charge in [-0.3, -0.25) is 19.2 Å². The standard InChI is InChI=1S/C16H30N4O4/c1-11(2)7-14(22)19-9-15(23)18-6-5-12(3)8-16(24)20(4)10-13(17)21/h11-12H,5-10H2,1-4H3,(H2,17,21)(H,18,23)(H,19,22)/t12-/m0/s1. The van der Waals surface area contributed by atoms with Gasteiger partial charge in [-0.15, -0.1) is 0 Å². The Kier molecular flexibility index (Phi) is 10.4. The number of carbonyl (C=O) groups excluding carboxylic acids is 4. The first-order valence-electron chi connectivity index (χ1n) is 8.17. The zero-order valence-corrected chi connectivity index (χ0v) is 15.1. The quantitative estimate of drug-likeness (QED) is 0.474. The van der Waals surface area contributed by atoms with Gasteiger partial charge in [-0.05, 0) is 18.3 Å². The molecular weight excluding hydrogens is 312 g/mol. The van der Waals surface area contributed by atoms with Crippen molar-refractivity contribution in [2.45, 2.75) is 40.0 Å². The van der Waals surface area contributed by atoms with Gasteiger partial charge in [0.05, 0.1) is 13.1 Å². The Balaban J connectivity index is 3.89. The van der Waals surface area contributed by atoms with Gasteiger partial charge >= 0.3 is 0 Å². The number of hydrogen-bond donors (Lipinski definition) is 3. The van der Waals surface area contributed by atoms with Crippen molar-refractivity contribution in [1.82, 2.24) is 15.5 Å². The van der Waals surface area contributed by atoms with Crippen LogP contribution in [0.2, 0.25) is 0 Å². The first-order valence-corrected chi connectivity index (χ1v) is 8.17. The lowest BCUT2D eigenvalue weighted by Crippen LogP contribution is -2.38. The van der Waals surface area contributed by atoms with Crippen molar-refractivity contribution in [2.75, 3.05) is 26.7 Å². The van der Waals surface area contributed by atoms with Crippen LogP contribution in [-0.2, 0) is 19.2 Å². The number of nitrogens with two attached hydrogens (primary N) is 1. The molecule has 4 amide bonds. The summed E-state index contributed by atoms with van der Waals surface area (Å²) in [6.07, 6.45) is 1.30.